The molecule has 0 radical (unpaired) electrons. The third-order valence-corrected chi connectivity index (χ3v) is 5.81. The Morgan fingerprint density at radius 3 is 2.61 bits per heavy atom. The van der Waals surface area contributed by atoms with Gasteiger partial charge in [0.1, 0.15) is 11.6 Å². The van der Waals surface area contributed by atoms with Crippen molar-refractivity contribution in [3.8, 4) is 11.1 Å². The number of carbonyl (C=O) groups is 1. The van der Waals surface area contributed by atoms with Crippen LogP contribution in [-0.4, -0.2) is 16.9 Å². The summed E-state index contributed by atoms with van der Waals surface area (Å²) < 4.78 is 29.1. The number of benzene rings is 2. The van der Waals surface area contributed by atoms with Crippen LogP contribution in [0.3, 0.4) is 0 Å². The Hall–Kier alpha value is -2.73. The van der Waals surface area contributed by atoms with Crippen molar-refractivity contribution in [3.63, 3.8) is 0 Å². The molecule has 1 heterocycles. The number of primary amides is 1. The molecular formula is C22H23F2N3O. The Balaban J connectivity index is 1.99. The predicted molar refractivity (Wildman–Crippen MR) is 106 cm³/mol. The molecule has 0 aliphatic heterocycles. The number of aryl methyl sites for hydroxylation is 1. The first-order chi connectivity index (χ1) is 13.4. The minimum Gasteiger partial charge on any atom is -0.369 e. The average Bonchev–Trinajstić information content (AvgIpc) is 3.02. The number of nitrogens with two attached hydrogens (primary N) is 2. The van der Waals surface area contributed by atoms with Gasteiger partial charge in [0.2, 0.25) is 5.91 Å². The summed E-state index contributed by atoms with van der Waals surface area (Å²) in [5.74, 6) is -1.33. The molecule has 0 saturated heterocycles. The number of amides is 1. The zero-order chi connectivity index (χ0) is 20.0. The number of fused-ring (bicyclic) bond motifs is 3. The number of aromatic nitrogens is 1. The Labute approximate surface area is 161 Å². The average molecular weight is 383 g/mol. The highest BCUT2D eigenvalue weighted by atomic mass is 19.1. The molecule has 0 spiro atoms. The summed E-state index contributed by atoms with van der Waals surface area (Å²) in [6.07, 6.45) is 2.52. The topological polar surface area (TPSA) is 84.9 Å². The fourth-order valence-electron chi connectivity index (χ4n) is 4.37. The van der Waals surface area contributed by atoms with Gasteiger partial charge < -0.3 is 16.5 Å². The van der Waals surface area contributed by atoms with Gasteiger partial charge in [-0.1, -0.05) is 18.2 Å². The second-order valence-corrected chi connectivity index (χ2v) is 7.71. The Morgan fingerprint density at radius 2 is 1.96 bits per heavy atom. The van der Waals surface area contributed by atoms with E-state index in [2.05, 4.69) is 4.98 Å². The monoisotopic (exact) mass is 383 g/mol. The van der Waals surface area contributed by atoms with Crippen LogP contribution in [-0.2, 0) is 24.1 Å². The van der Waals surface area contributed by atoms with Crippen LogP contribution < -0.4 is 11.5 Å². The van der Waals surface area contributed by atoms with E-state index in [1.807, 2.05) is 6.92 Å². The zero-order valence-electron chi connectivity index (χ0n) is 15.7. The standard InChI is InChI=1S/C22H23F2N3O/c1-11(25)12-5-7-14-18(9-12)27-22-13(10-19(26)28)6-8-15(20(14)22)21-16(23)3-2-4-17(21)24/h2-4,6,8,11-12,27H,5,7,9-10,25H2,1H3,(H2,26,28). The minimum absolute atomic E-state index is 0.0470. The van der Waals surface area contributed by atoms with Crippen molar-refractivity contribution in [1.82, 2.24) is 4.98 Å². The quantitative estimate of drug-likeness (QED) is 0.643. The number of hydrogen-bond acceptors (Lipinski definition) is 2. The van der Waals surface area contributed by atoms with Crippen molar-refractivity contribution in [2.24, 2.45) is 17.4 Å². The van der Waals surface area contributed by atoms with E-state index in [4.69, 9.17) is 11.5 Å². The molecule has 28 heavy (non-hydrogen) atoms. The molecule has 1 aromatic heterocycles. The second kappa shape index (κ2) is 7.02. The van der Waals surface area contributed by atoms with Crippen molar-refractivity contribution < 1.29 is 13.6 Å². The van der Waals surface area contributed by atoms with Crippen LogP contribution in [0.1, 0.15) is 30.2 Å². The van der Waals surface area contributed by atoms with Crippen LogP contribution in [0, 0.1) is 17.6 Å². The van der Waals surface area contributed by atoms with Gasteiger partial charge in [0.05, 0.1) is 17.5 Å². The number of carbonyl (C=O) groups excluding carboxylic acids is 1. The number of halogens is 2. The molecule has 0 bridgehead atoms. The maximum absolute atomic E-state index is 14.5. The third-order valence-electron chi connectivity index (χ3n) is 5.81. The van der Waals surface area contributed by atoms with Crippen molar-refractivity contribution in [1.29, 1.82) is 0 Å². The summed E-state index contributed by atoms with van der Waals surface area (Å²) in [7, 11) is 0. The highest BCUT2D eigenvalue weighted by Crippen LogP contribution is 2.40. The van der Waals surface area contributed by atoms with Crippen LogP contribution in [0.2, 0.25) is 0 Å². The molecule has 0 fully saturated rings. The van der Waals surface area contributed by atoms with E-state index in [1.54, 1.807) is 12.1 Å². The normalized spacial score (nSPS) is 17.5. The first kappa shape index (κ1) is 18.6. The molecule has 4 rings (SSSR count). The minimum atomic E-state index is -0.608. The Morgan fingerprint density at radius 1 is 1.25 bits per heavy atom. The van der Waals surface area contributed by atoms with E-state index < -0.39 is 17.5 Å². The fourth-order valence-corrected chi connectivity index (χ4v) is 4.37. The number of H-pyrrole nitrogens is 1. The first-order valence-corrected chi connectivity index (χ1v) is 9.50. The van der Waals surface area contributed by atoms with Crippen LogP contribution in [0.5, 0.6) is 0 Å². The lowest BCUT2D eigenvalue weighted by Crippen LogP contribution is -2.31. The van der Waals surface area contributed by atoms with E-state index in [1.165, 1.54) is 18.2 Å². The summed E-state index contributed by atoms with van der Waals surface area (Å²) in [5.41, 5.74) is 15.5. The van der Waals surface area contributed by atoms with Gasteiger partial charge in [-0.05, 0) is 60.9 Å². The molecule has 1 aliphatic rings. The van der Waals surface area contributed by atoms with Crippen LogP contribution in [0.15, 0.2) is 30.3 Å². The van der Waals surface area contributed by atoms with E-state index >= 15 is 0 Å². The van der Waals surface area contributed by atoms with Crippen LogP contribution in [0.4, 0.5) is 8.78 Å². The molecule has 1 aliphatic carbocycles. The first-order valence-electron chi connectivity index (χ1n) is 9.50. The fraction of sp³-hybridized carbons (Fsp3) is 0.318. The molecule has 0 saturated carbocycles. The van der Waals surface area contributed by atoms with Gasteiger partial charge in [-0.3, -0.25) is 4.79 Å². The third kappa shape index (κ3) is 3.07. The number of hydrogen-bond donors (Lipinski definition) is 3. The SMILES string of the molecule is CC(N)C1CCc2c([nH]c3c(CC(N)=O)ccc(-c4c(F)cccc4F)c23)C1. The summed E-state index contributed by atoms with van der Waals surface area (Å²) in [4.78, 5) is 14.9. The highest BCUT2D eigenvalue weighted by molar-refractivity contribution is 6.01. The molecule has 4 nitrogen and oxygen atoms in total. The maximum Gasteiger partial charge on any atom is 0.221 e. The van der Waals surface area contributed by atoms with E-state index in [9.17, 15) is 13.6 Å². The molecular weight excluding hydrogens is 360 g/mol. The van der Waals surface area contributed by atoms with Crippen LogP contribution >= 0.6 is 0 Å². The lowest BCUT2D eigenvalue weighted by Gasteiger charge is -2.25. The summed E-state index contributed by atoms with van der Waals surface area (Å²) in [6.45, 7) is 2.00. The lowest BCUT2D eigenvalue weighted by molar-refractivity contribution is -0.117. The molecule has 5 N–H and O–H groups in total. The zero-order valence-corrected chi connectivity index (χ0v) is 15.7. The van der Waals surface area contributed by atoms with Crippen molar-refractivity contribution in [2.45, 2.75) is 38.6 Å². The van der Waals surface area contributed by atoms with Gasteiger partial charge in [0.15, 0.2) is 0 Å². The summed E-state index contributed by atoms with van der Waals surface area (Å²) in [5, 5.41) is 0.779. The highest BCUT2D eigenvalue weighted by Gasteiger charge is 2.28. The van der Waals surface area contributed by atoms with Crippen molar-refractivity contribution in [2.75, 3.05) is 0 Å². The Kier molecular flexibility index (Phi) is 4.67. The molecule has 3 aromatic rings. The van der Waals surface area contributed by atoms with Gasteiger partial charge in [-0.25, -0.2) is 8.78 Å². The van der Waals surface area contributed by atoms with Gasteiger partial charge in [0, 0.05) is 17.1 Å². The largest absolute Gasteiger partial charge is 0.369 e. The molecule has 2 aromatic carbocycles. The van der Waals surface area contributed by atoms with Gasteiger partial charge in [-0.2, -0.15) is 0 Å². The second-order valence-electron chi connectivity index (χ2n) is 7.71. The van der Waals surface area contributed by atoms with Gasteiger partial charge in [-0.15, -0.1) is 0 Å². The van der Waals surface area contributed by atoms with E-state index in [0.717, 1.165) is 47.0 Å². The molecule has 2 unspecified atom stereocenters. The summed E-state index contributed by atoms with van der Waals surface area (Å²) >= 11 is 0. The maximum atomic E-state index is 14.5. The van der Waals surface area contributed by atoms with Crippen molar-refractivity contribution in [3.05, 3.63) is 58.8 Å². The molecule has 2 atom stereocenters. The number of rotatable bonds is 4. The Bertz CT molecular complexity index is 1050. The smallest absolute Gasteiger partial charge is 0.221 e. The van der Waals surface area contributed by atoms with Crippen molar-refractivity contribution >= 4 is 16.8 Å². The van der Waals surface area contributed by atoms with Gasteiger partial charge in [0.25, 0.3) is 0 Å². The summed E-state index contributed by atoms with van der Waals surface area (Å²) in [6, 6.07) is 7.34. The van der Waals surface area contributed by atoms with E-state index in [-0.39, 0.29) is 18.0 Å². The van der Waals surface area contributed by atoms with Crippen LogP contribution in [0.25, 0.3) is 22.0 Å². The number of aromatic amines is 1. The van der Waals surface area contributed by atoms with E-state index in [0.29, 0.717) is 11.5 Å². The molecule has 1 amide bonds. The van der Waals surface area contributed by atoms with Gasteiger partial charge >= 0.3 is 0 Å². The molecule has 146 valence electrons. The predicted octanol–water partition coefficient (Wildman–Crippen LogP) is 3.59. The molecule has 6 heteroatoms. The lowest BCUT2D eigenvalue weighted by atomic mass is 9.82. The number of nitrogens with one attached hydrogen (secondary N) is 1.